The molecule has 0 amide bonds. The maximum Gasteiger partial charge on any atom is 0.123 e. The third kappa shape index (κ3) is 2.96. The lowest BCUT2D eigenvalue weighted by atomic mass is 9.99. The van der Waals surface area contributed by atoms with E-state index in [-0.39, 0.29) is 6.10 Å². The molecule has 1 fully saturated rings. The Balaban J connectivity index is 2.21. The molecular formula is C15H23NO2. The minimum atomic E-state index is 0.180. The highest BCUT2D eigenvalue weighted by Gasteiger charge is 2.18. The molecule has 3 nitrogen and oxygen atoms in total. The molecule has 2 N–H and O–H groups in total. The standard InChI is InChI=1S/C15H23NO2/c1-10(2)13-8-14(16)11(3)7-15(13)18-12-5-4-6-17-9-12/h7-8,10,12H,4-6,9,16H2,1-3H3. The number of hydrogen-bond donors (Lipinski definition) is 1. The van der Waals surface area contributed by atoms with Gasteiger partial charge in [0.25, 0.3) is 0 Å². The third-order valence-corrected chi connectivity index (χ3v) is 3.43. The third-order valence-electron chi connectivity index (χ3n) is 3.43. The molecule has 1 unspecified atom stereocenters. The molecule has 3 heteroatoms. The van der Waals surface area contributed by atoms with E-state index in [0.717, 1.165) is 36.4 Å². The Morgan fingerprint density at radius 1 is 1.39 bits per heavy atom. The lowest BCUT2D eigenvalue weighted by molar-refractivity contribution is 0.00694. The molecule has 0 spiro atoms. The van der Waals surface area contributed by atoms with Crippen molar-refractivity contribution in [3.05, 3.63) is 23.3 Å². The van der Waals surface area contributed by atoms with Crippen LogP contribution < -0.4 is 10.5 Å². The molecule has 0 aromatic heterocycles. The largest absolute Gasteiger partial charge is 0.488 e. The van der Waals surface area contributed by atoms with Gasteiger partial charge in [-0.05, 0) is 48.9 Å². The van der Waals surface area contributed by atoms with Gasteiger partial charge in [0.2, 0.25) is 0 Å². The molecule has 1 heterocycles. The molecule has 0 aliphatic carbocycles. The number of nitrogen functional groups attached to an aromatic ring is 1. The fourth-order valence-electron chi connectivity index (χ4n) is 2.25. The summed E-state index contributed by atoms with van der Waals surface area (Å²) in [5.41, 5.74) is 9.08. The van der Waals surface area contributed by atoms with Crippen LogP contribution in [-0.2, 0) is 4.74 Å². The number of ether oxygens (including phenoxy) is 2. The summed E-state index contributed by atoms with van der Waals surface area (Å²) in [6.45, 7) is 7.89. The highest BCUT2D eigenvalue weighted by atomic mass is 16.5. The van der Waals surface area contributed by atoms with Gasteiger partial charge in [0.15, 0.2) is 0 Å². The molecule has 0 saturated carbocycles. The van der Waals surface area contributed by atoms with E-state index in [2.05, 4.69) is 19.9 Å². The summed E-state index contributed by atoms with van der Waals surface area (Å²) in [5, 5.41) is 0. The Labute approximate surface area is 109 Å². The number of nitrogens with two attached hydrogens (primary N) is 1. The van der Waals surface area contributed by atoms with Crippen molar-refractivity contribution >= 4 is 5.69 Å². The molecule has 0 bridgehead atoms. The Hall–Kier alpha value is -1.22. The summed E-state index contributed by atoms with van der Waals surface area (Å²) in [6, 6.07) is 4.10. The molecule has 1 aliphatic rings. The monoisotopic (exact) mass is 249 g/mol. The highest BCUT2D eigenvalue weighted by Crippen LogP contribution is 2.32. The van der Waals surface area contributed by atoms with E-state index in [1.165, 1.54) is 5.56 Å². The zero-order valence-corrected chi connectivity index (χ0v) is 11.5. The number of aryl methyl sites for hydroxylation is 1. The lowest BCUT2D eigenvalue weighted by Crippen LogP contribution is -2.28. The van der Waals surface area contributed by atoms with E-state index in [1.807, 2.05) is 13.0 Å². The van der Waals surface area contributed by atoms with Crippen LogP contribution in [0, 0.1) is 6.92 Å². The quantitative estimate of drug-likeness (QED) is 0.836. The molecule has 1 aromatic rings. The van der Waals surface area contributed by atoms with E-state index >= 15 is 0 Å². The van der Waals surface area contributed by atoms with Gasteiger partial charge in [-0.25, -0.2) is 0 Å². The topological polar surface area (TPSA) is 44.5 Å². The van der Waals surface area contributed by atoms with Gasteiger partial charge in [0, 0.05) is 12.3 Å². The van der Waals surface area contributed by atoms with Crippen LogP contribution in [-0.4, -0.2) is 19.3 Å². The fraction of sp³-hybridized carbons (Fsp3) is 0.600. The molecule has 1 saturated heterocycles. The van der Waals surface area contributed by atoms with Crippen molar-refractivity contribution in [2.24, 2.45) is 0 Å². The van der Waals surface area contributed by atoms with Gasteiger partial charge >= 0.3 is 0 Å². The average molecular weight is 249 g/mol. The van der Waals surface area contributed by atoms with E-state index in [1.54, 1.807) is 0 Å². The van der Waals surface area contributed by atoms with Crippen molar-refractivity contribution in [2.45, 2.75) is 45.6 Å². The van der Waals surface area contributed by atoms with Crippen LogP contribution in [0.3, 0.4) is 0 Å². The van der Waals surface area contributed by atoms with Crippen LogP contribution >= 0.6 is 0 Å². The van der Waals surface area contributed by atoms with Crippen LogP contribution in [0.15, 0.2) is 12.1 Å². The minimum absolute atomic E-state index is 0.180. The van der Waals surface area contributed by atoms with Gasteiger partial charge in [0.05, 0.1) is 6.61 Å². The van der Waals surface area contributed by atoms with Gasteiger partial charge in [-0.2, -0.15) is 0 Å². The average Bonchev–Trinajstić information content (AvgIpc) is 2.34. The normalized spacial score (nSPS) is 20.1. The second-order valence-electron chi connectivity index (χ2n) is 5.36. The maximum atomic E-state index is 6.10. The minimum Gasteiger partial charge on any atom is -0.488 e. The van der Waals surface area contributed by atoms with Crippen molar-refractivity contribution < 1.29 is 9.47 Å². The van der Waals surface area contributed by atoms with Gasteiger partial charge in [-0.3, -0.25) is 0 Å². The van der Waals surface area contributed by atoms with Gasteiger partial charge in [-0.15, -0.1) is 0 Å². The predicted molar refractivity (Wildman–Crippen MR) is 74.1 cm³/mol. The first-order valence-corrected chi connectivity index (χ1v) is 6.72. The predicted octanol–water partition coefficient (Wildman–Crippen LogP) is 3.26. The van der Waals surface area contributed by atoms with Gasteiger partial charge < -0.3 is 15.2 Å². The van der Waals surface area contributed by atoms with Crippen LogP contribution in [0.5, 0.6) is 5.75 Å². The molecule has 18 heavy (non-hydrogen) atoms. The van der Waals surface area contributed by atoms with Crippen LogP contribution in [0.2, 0.25) is 0 Å². The Kier molecular flexibility index (Phi) is 4.12. The van der Waals surface area contributed by atoms with Crippen molar-refractivity contribution in [3.8, 4) is 5.75 Å². The van der Waals surface area contributed by atoms with E-state index in [0.29, 0.717) is 12.5 Å². The van der Waals surface area contributed by atoms with Crippen LogP contribution in [0.4, 0.5) is 5.69 Å². The summed E-state index contributed by atoms with van der Waals surface area (Å²) >= 11 is 0. The second kappa shape index (κ2) is 5.61. The molecule has 1 atom stereocenters. The zero-order chi connectivity index (χ0) is 13.1. The van der Waals surface area contributed by atoms with E-state index < -0.39 is 0 Å². The zero-order valence-electron chi connectivity index (χ0n) is 11.5. The Bertz CT molecular complexity index is 409. The van der Waals surface area contributed by atoms with Crippen molar-refractivity contribution in [1.29, 1.82) is 0 Å². The Morgan fingerprint density at radius 2 is 2.17 bits per heavy atom. The number of benzene rings is 1. The summed E-state index contributed by atoms with van der Waals surface area (Å²) in [5.74, 6) is 1.37. The van der Waals surface area contributed by atoms with Crippen LogP contribution in [0.1, 0.15) is 43.7 Å². The summed E-state index contributed by atoms with van der Waals surface area (Å²) < 4.78 is 11.6. The molecule has 100 valence electrons. The molecular weight excluding hydrogens is 226 g/mol. The number of anilines is 1. The first kappa shape index (κ1) is 13.2. The number of rotatable bonds is 3. The molecule has 1 aromatic carbocycles. The van der Waals surface area contributed by atoms with Crippen molar-refractivity contribution in [3.63, 3.8) is 0 Å². The first-order chi connectivity index (χ1) is 8.58. The summed E-state index contributed by atoms with van der Waals surface area (Å²) in [6.07, 6.45) is 2.33. The maximum absolute atomic E-state index is 6.10. The summed E-state index contributed by atoms with van der Waals surface area (Å²) in [7, 11) is 0. The Morgan fingerprint density at radius 3 is 2.78 bits per heavy atom. The van der Waals surface area contributed by atoms with Gasteiger partial charge in [0.1, 0.15) is 11.9 Å². The van der Waals surface area contributed by atoms with E-state index in [4.69, 9.17) is 15.2 Å². The first-order valence-electron chi connectivity index (χ1n) is 6.72. The second-order valence-corrected chi connectivity index (χ2v) is 5.36. The fourth-order valence-corrected chi connectivity index (χ4v) is 2.25. The molecule has 1 aliphatic heterocycles. The smallest absolute Gasteiger partial charge is 0.123 e. The highest BCUT2D eigenvalue weighted by molar-refractivity contribution is 5.55. The van der Waals surface area contributed by atoms with Crippen molar-refractivity contribution in [1.82, 2.24) is 0 Å². The van der Waals surface area contributed by atoms with E-state index in [9.17, 15) is 0 Å². The SMILES string of the molecule is Cc1cc(OC2CCCOC2)c(C(C)C)cc1N. The van der Waals surface area contributed by atoms with Gasteiger partial charge in [-0.1, -0.05) is 13.8 Å². The number of hydrogen-bond acceptors (Lipinski definition) is 3. The van der Waals surface area contributed by atoms with Crippen molar-refractivity contribution in [2.75, 3.05) is 18.9 Å². The van der Waals surface area contributed by atoms with Crippen LogP contribution in [0.25, 0.3) is 0 Å². The molecule has 2 rings (SSSR count). The molecule has 0 radical (unpaired) electrons. The summed E-state index contributed by atoms with van der Waals surface area (Å²) in [4.78, 5) is 0. The lowest BCUT2D eigenvalue weighted by Gasteiger charge is -2.25.